The summed E-state index contributed by atoms with van der Waals surface area (Å²) in [6.45, 7) is 3.66. The summed E-state index contributed by atoms with van der Waals surface area (Å²) >= 11 is 0. The fourth-order valence-electron chi connectivity index (χ4n) is 1.55. The molecule has 0 aromatic carbocycles. The molecule has 7 heteroatoms. The highest BCUT2D eigenvalue weighted by Crippen LogP contribution is 2.15. The number of hydrogen-bond acceptors (Lipinski definition) is 5. The van der Waals surface area contributed by atoms with Gasteiger partial charge < -0.3 is 10.1 Å². The molecule has 0 radical (unpaired) electrons. The lowest BCUT2D eigenvalue weighted by Gasteiger charge is -2.23. The minimum absolute atomic E-state index is 0.288. The van der Waals surface area contributed by atoms with Crippen molar-refractivity contribution in [1.29, 1.82) is 0 Å². The molecule has 0 aliphatic rings. The van der Waals surface area contributed by atoms with Gasteiger partial charge in [0.2, 0.25) is 0 Å². The van der Waals surface area contributed by atoms with Crippen LogP contribution < -0.4 is 10.1 Å². The predicted molar refractivity (Wildman–Crippen MR) is 67.7 cm³/mol. The van der Waals surface area contributed by atoms with Crippen molar-refractivity contribution in [3.63, 3.8) is 0 Å². The summed E-state index contributed by atoms with van der Waals surface area (Å²) in [7, 11) is 1.55. The highest BCUT2D eigenvalue weighted by molar-refractivity contribution is 5.92. The molecule has 19 heavy (non-hydrogen) atoms. The second-order valence-electron chi connectivity index (χ2n) is 4.50. The van der Waals surface area contributed by atoms with Gasteiger partial charge in [0, 0.05) is 0 Å². The summed E-state index contributed by atoms with van der Waals surface area (Å²) in [5.41, 5.74) is -0.344. The van der Waals surface area contributed by atoms with E-state index in [9.17, 15) is 4.79 Å². The van der Waals surface area contributed by atoms with Crippen molar-refractivity contribution in [2.24, 2.45) is 0 Å². The van der Waals surface area contributed by atoms with E-state index in [1.54, 1.807) is 19.2 Å². The van der Waals surface area contributed by atoms with Gasteiger partial charge in [0.15, 0.2) is 0 Å². The van der Waals surface area contributed by atoms with E-state index in [1.807, 2.05) is 13.8 Å². The zero-order chi connectivity index (χ0) is 13.9. The number of ether oxygens (including phenoxy) is 1. The first-order valence-corrected chi connectivity index (χ1v) is 5.71. The Balaban J connectivity index is 2.12. The predicted octanol–water partition coefficient (Wildman–Crippen LogP) is 0.873. The molecule has 0 atom stereocenters. The maximum absolute atomic E-state index is 12.1. The first kappa shape index (κ1) is 13.0. The van der Waals surface area contributed by atoms with Crippen molar-refractivity contribution in [2.75, 3.05) is 7.11 Å². The van der Waals surface area contributed by atoms with E-state index in [0.717, 1.165) is 0 Å². The average molecular weight is 261 g/mol. The number of nitrogens with one attached hydrogen (secondary N) is 2. The Morgan fingerprint density at radius 1 is 1.37 bits per heavy atom. The first-order valence-electron chi connectivity index (χ1n) is 5.71. The van der Waals surface area contributed by atoms with Gasteiger partial charge in [0.1, 0.15) is 23.6 Å². The molecule has 0 bridgehead atoms. The highest BCUT2D eigenvalue weighted by Gasteiger charge is 2.26. The number of pyridine rings is 1. The van der Waals surface area contributed by atoms with E-state index < -0.39 is 5.54 Å². The van der Waals surface area contributed by atoms with Crippen molar-refractivity contribution in [3.05, 3.63) is 36.2 Å². The number of aromatic nitrogens is 4. The third-order valence-corrected chi connectivity index (χ3v) is 2.64. The number of carbonyl (C=O) groups is 1. The molecule has 2 aromatic rings. The zero-order valence-electron chi connectivity index (χ0n) is 11.0. The molecular formula is C12H15N5O2. The smallest absolute Gasteiger partial charge is 0.270 e. The summed E-state index contributed by atoms with van der Waals surface area (Å²) in [6, 6.07) is 3.29. The summed E-state index contributed by atoms with van der Waals surface area (Å²) in [4.78, 5) is 20.2. The lowest BCUT2D eigenvalue weighted by atomic mass is 10.0. The van der Waals surface area contributed by atoms with Crippen molar-refractivity contribution >= 4 is 5.91 Å². The van der Waals surface area contributed by atoms with Crippen LogP contribution in [0.25, 0.3) is 0 Å². The van der Waals surface area contributed by atoms with Gasteiger partial charge in [-0.05, 0) is 26.0 Å². The third kappa shape index (κ3) is 2.87. The van der Waals surface area contributed by atoms with Crippen LogP contribution in [0.15, 0.2) is 24.7 Å². The normalized spacial score (nSPS) is 11.1. The van der Waals surface area contributed by atoms with Gasteiger partial charge in [-0.1, -0.05) is 0 Å². The fraction of sp³-hybridized carbons (Fsp3) is 0.333. The van der Waals surface area contributed by atoms with E-state index in [1.165, 1.54) is 12.5 Å². The van der Waals surface area contributed by atoms with Gasteiger partial charge in [0.05, 0.1) is 18.8 Å². The van der Waals surface area contributed by atoms with Crippen molar-refractivity contribution in [3.8, 4) is 5.75 Å². The van der Waals surface area contributed by atoms with Gasteiger partial charge in [-0.2, -0.15) is 5.10 Å². The summed E-state index contributed by atoms with van der Waals surface area (Å²) in [5, 5.41) is 9.34. The second kappa shape index (κ2) is 5.05. The van der Waals surface area contributed by atoms with Crippen LogP contribution in [0.5, 0.6) is 5.75 Å². The van der Waals surface area contributed by atoms with Crippen LogP contribution in [-0.4, -0.2) is 33.2 Å². The highest BCUT2D eigenvalue weighted by atomic mass is 16.5. The molecule has 2 N–H and O–H groups in total. The lowest BCUT2D eigenvalue weighted by Crippen LogP contribution is -2.42. The van der Waals surface area contributed by atoms with Crippen LogP contribution in [0, 0.1) is 0 Å². The quantitative estimate of drug-likeness (QED) is 0.852. The average Bonchev–Trinajstić information content (AvgIpc) is 2.93. The summed E-state index contributed by atoms with van der Waals surface area (Å²) in [5.74, 6) is 0.893. The van der Waals surface area contributed by atoms with Crippen LogP contribution in [0.3, 0.4) is 0 Å². The van der Waals surface area contributed by atoms with Crippen LogP contribution in [0.1, 0.15) is 30.2 Å². The lowest BCUT2D eigenvalue weighted by molar-refractivity contribution is 0.0903. The molecule has 0 aliphatic heterocycles. The number of carbonyl (C=O) groups excluding carboxylic acids is 1. The van der Waals surface area contributed by atoms with Crippen LogP contribution in [0.2, 0.25) is 0 Å². The topological polar surface area (TPSA) is 92.8 Å². The monoisotopic (exact) mass is 261 g/mol. The Kier molecular flexibility index (Phi) is 3.46. The number of aromatic amines is 1. The van der Waals surface area contributed by atoms with Crippen LogP contribution in [0.4, 0.5) is 0 Å². The Morgan fingerprint density at radius 3 is 2.68 bits per heavy atom. The molecule has 7 nitrogen and oxygen atoms in total. The maximum Gasteiger partial charge on any atom is 0.270 e. The summed E-state index contributed by atoms with van der Waals surface area (Å²) in [6.07, 6.45) is 2.89. The second-order valence-corrected chi connectivity index (χ2v) is 4.50. The molecular weight excluding hydrogens is 246 g/mol. The molecule has 0 saturated heterocycles. The number of nitrogens with zero attached hydrogens (tertiary/aromatic N) is 3. The fourth-order valence-corrected chi connectivity index (χ4v) is 1.55. The molecule has 1 amide bonds. The van der Waals surface area contributed by atoms with Crippen LogP contribution >= 0.6 is 0 Å². The van der Waals surface area contributed by atoms with Crippen molar-refractivity contribution in [2.45, 2.75) is 19.4 Å². The number of amides is 1. The van der Waals surface area contributed by atoms with Crippen molar-refractivity contribution < 1.29 is 9.53 Å². The van der Waals surface area contributed by atoms with Gasteiger partial charge in [-0.3, -0.25) is 9.89 Å². The largest absolute Gasteiger partial charge is 0.495 e. The SMILES string of the molecule is COc1ccc(C(=O)NC(C)(C)c2ncn[nH]2)nc1. The van der Waals surface area contributed by atoms with Crippen molar-refractivity contribution in [1.82, 2.24) is 25.5 Å². The van der Waals surface area contributed by atoms with Gasteiger partial charge in [0.25, 0.3) is 5.91 Å². The van der Waals surface area contributed by atoms with E-state index >= 15 is 0 Å². The zero-order valence-corrected chi connectivity index (χ0v) is 11.0. The molecule has 100 valence electrons. The van der Waals surface area contributed by atoms with E-state index in [-0.39, 0.29) is 5.91 Å². The maximum atomic E-state index is 12.1. The molecule has 2 rings (SSSR count). The summed E-state index contributed by atoms with van der Waals surface area (Å²) < 4.78 is 4.99. The minimum atomic E-state index is -0.658. The Morgan fingerprint density at radius 2 is 2.16 bits per heavy atom. The molecule has 0 fully saturated rings. The third-order valence-electron chi connectivity index (χ3n) is 2.64. The first-order chi connectivity index (χ1) is 9.03. The molecule has 0 saturated carbocycles. The molecule has 0 unspecified atom stereocenters. The van der Waals surface area contributed by atoms with Gasteiger partial charge in [-0.15, -0.1) is 0 Å². The molecule has 2 heterocycles. The Hall–Kier alpha value is -2.44. The number of methoxy groups -OCH3 is 1. The molecule has 0 spiro atoms. The molecule has 0 aliphatic carbocycles. The minimum Gasteiger partial charge on any atom is -0.495 e. The number of H-pyrrole nitrogens is 1. The Bertz CT molecular complexity index is 548. The van der Waals surface area contributed by atoms with Gasteiger partial charge in [-0.25, -0.2) is 9.97 Å². The standard InChI is InChI=1S/C12H15N5O2/c1-12(2,11-14-7-15-17-11)16-10(18)9-5-4-8(19-3)6-13-9/h4-7H,1-3H3,(H,16,18)(H,14,15,17). The van der Waals surface area contributed by atoms with Crippen LogP contribution in [-0.2, 0) is 5.54 Å². The van der Waals surface area contributed by atoms with Gasteiger partial charge >= 0.3 is 0 Å². The van der Waals surface area contributed by atoms with E-state index in [4.69, 9.17) is 4.74 Å². The van der Waals surface area contributed by atoms with E-state index in [0.29, 0.717) is 17.3 Å². The number of rotatable bonds is 4. The molecule has 2 aromatic heterocycles. The number of hydrogen-bond donors (Lipinski definition) is 2. The van der Waals surface area contributed by atoms with E-state index in [2.05, 4.69) is 25.5 Å². The Labute approximate surface area is 110 Å².